The number of halogens is 4. The fourth-order valence-electron chi connectivity index (χ4n) is 3.78. The Hall–Kier alpha value is -3.25. The maximum absolute atomic E-state index is 13.5. The number of anilines is 2. The summed E-state index contributed by atoms with van der Waals surface area (Å²) in [5.74, 6) is -3.17. The molecule has 1 aromatic carbocycles. The smallest absolute Gasteiger partial charge is 0.416 e. The van der Waals surface area contributed by atoms with Gasteiger partial charge in [0.2, 0.25) is 0 Å². The lowest BCUT2D eigenvalue weighted by molar-refractivity contribution is -0.137. The number of aliphatic hydroxyl groups excluding tert-OH is 2. The van der Waals surface area contributed by atoms with Crippen molar-refractivity contribution in [1.82, 2.24) is 4.98 Å². The molecule has 0 aliphatic carbocycles. The van der Waals surface area contributed by atoms with Gasteiger partial charge in [0.05, 0.1) is 17.8 Å². The summed E-state index contributed by atoms with van der Waals surface area (Å²) in [5, 5.41) is 20.6. The number of ether oxygens (including phenoxy) is 1. The lowest BCUT2D eigenvalue weighted by Gasteiger charge is -2.34. The zero-order valence-corrected chi connectivity index (χ0v) is 16.5. The number of hydrogen-bond donors (Lipinski definition) is 2. The number of rotatable bonds is 2. The van der Waals surface area contributed by atoms with Crippen LogP contribution >= 0.6 is 0 Å². The monoisotopic (exact) mass is 455 g/mol. The topological polar surface area (TPSA) is 103 Å². The SMILES string of the molecule is Cc1cc(C(F)(F)F)cc(N2C(=O)C(O)C(O)C2C(=O)N2CCOc3cc(F)ccc32)n1. The van der Waals surface area contributed by atoms with Gasteiger partial charge in [0.1, 0.15) is 36.1 Å². The van der Waals surface area contributed by atoms with E-state index in [4.69, 9.17) is 4.74 Å². The van der Waals surface area contributed by atoms with Gasteiger partial charge in [-0.1, -0.05) is 0 Å². The molecule has 0 bridgehead atoms. The van der Waals surface area contributed by atoms with Crippen LogP contribution in [0, 0.1) is 12.7 Å². The average molecular weight is 455 g/mol. The summed E-state index contributed by atoms with van der Waals surface area (Å²) in [4.78, 5) is 31.6. The quantitative estimate of drug-likeness (QED) is 0.664. The molecule has 2 aromatic rings. The molecule has 1 fully saturated rings. The third-order valence-electron chi connectivity index (χ3n) is 5.23. The number of nitrogens with zero attached hydrogens (tertiary/aromatic N) is 3. The summed E-state index contributed by atoms with van der Waals surface area (Å²) < 4.78 is 58.7. The van der Waals surface area contributed by atoms with Gasteiger partial charge in [0.25, 0.3) is 11.8 Å². The van der Waals surface area contributed by atoms with E-state index in [2.05, 4.69) is 4.98 Å². The van der Waals surface area contributed by atoms with Crippen LogP contribution in [0.15, 0.2) is 30.3 Å². The molecule has 0 spiro atoms. The molecule has 2 N–H and O–H groups in total. The Labute approximate surface area is 178 Å². The van der Waals surface area contributed by atoms with Crippen LogP contribution in [-0.2, 0) is 15.8 Å². The number of fused-ring (bicyclic) bond motifs is 1. The second-order valence-corrected chi connectivity index (χ2v) is 7.39. The number of aromatic nitrogens is 1. The first-order valence-electron chi connectivity index (χ1n) is 9.48. The van der Waals surface area contributed by atoms with Crippen molar-refractivity contribution in [3.05, 3.63) is 47.4 Å². The van der Waals surface area contributed by atoms with E-state index in [1.807, 2.05) is 0 Å². The zero-order chi connectivity index (χ0) is 23.4. The second-order valence-electron chi connectivity index (χ2n) is 7.39. The third-order valence-corrected chi connectivity index (χ3v) is 5.23. The lowest BCUT2D eigenvalue weighted by Crippen LogP contribution is -2.53. The van der Waals surface area contributed by atoms with Crippen molar-refractivity contribution in [3.8, 4) is 5.75 Å². The van der Waals surface area contributed by atoms with E-state index >= 15 is 0 Å². The summed E-state index contributed by atoms with van der Waals surface area (Å²) in [7, 11) is 0. The molecule has 2 amide bonds. The molecule has 3 heterocycles. The van der Waals surface area contributed by atoms with E-state index in [0.717, 1.165) is 23.1 Å². The van der Waals surface area contributed by atoms with Gasteiger partial charge < -0.3 is 19.8 Å². The van der Waals surface area contributed by atoms with Gasteiger partial charge in [-0.05, 0) is 31.2 Å². The van der Waals surface area contributed by atoms with Crippen molar-refractivity contribution in [2.45, 2.75) is 31.3 Å². The van der Waals surface area contributed by atoms with Crippen LogP contribution in [0.4, 0.5) is 29.1 Å². The number of pyridine rings is 1. The molecule has 0 saturated carbocycles. The minimum atomic E-state index is -4.75. The molecule has 2 aliphatic rings. The molecule has 0 radical (unpaired) electrons. The summed E-state index contributed by atoms with van der Waals surface area (Å²) in [5.41, 5.74) is -1.05. The van der Waals surface area contributed by atoms with Gasteiger partial charge in [-0.2, -0.15) is 13.2 Å². The highest BCUT2D eigenvalue weighted by molar-refractivity contribution is 6.11. The number of carbonyl (C=O) groups is 2. The number of aryl methyl sites for hydroxylation is 1. The summed E-state index contributed by atoms with van der Waals surface area (Å²) in [6.45, 7) is 1.21. The zero-order valence-electron chi connectivity index (χ0n) is 16.5. The van der Waals surface area contributed by atoms with Gasteiger partial charge in [-0.3, -0.25) is 14.5 Å². The highest BCUT2D eigenvalue weighted by atomic mass is 19.4. The van der Waals surface area contributed by atoms with Crippen molar-refractivity contribution in [3.63, 3.8) is 0 Å². The number of benzene rings is 1. The molecular formula is C20H17F4N3O5. The Morgan fingerprint density at radius 1 is 1.22 bits per heavy atom. The average Bonchev–Trinajstić information content (AvgIpc) is 2.95. The highest BCUT2D eigenvalue weighted by Crippen LogP contribution is 2.37. The first-order chi connectivity index (χ1) is 15.0. The van der Waals surface area contributed by atoms with Crippen LogP contribution in [0.5, 0.6) is 5.75 Å². The third kappa shape index (κ3) is 3.65. The Kier molecular flexibility index (Phi) is 5.29. The van der Waals surface area contributed by atoms with E-state index in [-0.39, 0.29) is 30.3 Å². The molecule has 2 aliphatic heterocycles. The van der Waals surface area contributed by atoms with E-state index < -0.39 is 53.4 Å². The van der Waals surface area contributed by atoms with E-state index in [1.54, 1.807) is 0 Å². The maximum Gasteiger partial charge on any atom is 0.416 e. The van der Waals surface area contributed by atoms with Gasteiger partial charge in [0.15, 0.2) is 6.10 Å². The van der Waals surface area contributed by atoms with E-state index in [0.29, 0.717) is 11.0 Å². The van der Waals surface area contributed by atoms with Crippen molar-refractivity contribution in [2.75, 3.05) is 23.0 Å². The standard InChI is InChI=1S/C20H17F4N3O5/c1-9-6-10(20(22,23)24)7-14(25-9)27-15(16(28)17(29)19(27)31)18(30)26-4-5-32-13-8-11(21)2-3-12(13)26/h2-3,6-8,15-17,28-29H,4-5H2,1H3. The molecule has 1 saturated heterocycles. The molecular weight excluding hydrogens is 438 g/mol. The number of amides is 2. The Morgan fingerprint density at radius 3 is 2.62 bits per heavy atom. The van der Waals surface area contributed by atoms with Crippen molar-refractivity contribution in [2.24, 2.45) is 0 Å². The molecule has 1 aromatic heterocycles. The van der Waals surface area contributed by atoms with Crippen LogP contribution in [-0.4, -0.2) is 58.4 Å². The van der Waals surface area contributed by atoms with E-state index in [1.165, 1.54) is 13.0 Å². The molecule has 8 nitrogen and oxygen atoms in total. The van der Waals surface area contributed by atoms with Crippen molar-refractivity contribution >= 4 is 23.3 Å². The number of alkyl halides is 3. The van der Waals surface area contributed by atoms with Crippen LogP contribution in [0.1, 0.15) is 11.3 Å². The molecule has 12 heteroatoms. The fourth-order valence-corrected chi connectivity index (χ4v) is 3.78. The normalized spacial score (nSPS) is 23.2. The number of carbonyl (C=O) groups excluding carboxylic acids is 2. The molecule has 3 unspecified atom stereocenters. The Morgan fingerprint density at radius 2 is 1.94 bits per heavy atom. The highest BCUT2D eigenvalue weighted by Gasteiger charge is 2.53. The van der Waals surface area contributed by atoms with Gasteiger partial charge in [-0.15, -0.1) is 0 Å². The van der Waals surface area contributed by atoms with Crippen LogP contribution in [0.3, 0.4) is 0 Å². The van der Waals surface area contributed by atoms with Gasteiger partial charge >= 0.3 is 6.18 Å². The lowest BCUT2D eigenvalue weighted by atomic mass is 10.1. The largest absolute Gasteiger partial charge is 0.489 e. The molecule has 170 valence electrons. The van der Waals surface area contributed by atoms with E-state index in [9.17, 15) is 37.4 Å². The summed E-state index contributed by atoms with van der Waals surface area (Å²) >= 11 is 0. The maximum atomic E-state index is 13.5. The minimum Gasteiger partial charge on any atom is -0.489 e. The number of aliphatic hydroxyl groups is 2. The predicted octanol–water partition coefficient (Wildman–Crippen LogP) is 1.41. The first kappa shape index (κ1) is 22.0. The molecule has 4 rings (SSSR count). The predicted molar refractivity (Wildman–Crippen MR) is 102 cm³/mol. The molecule has 3 atom stereocenters. The van der Waals surface area contributed by atoms with Crippen molar-refractivity contribution < 1.29 is 42.1 Å². The minimum absolute atomic E-state index is 0.0254. The summed E-state index contributed by atoms with van der Waals surface area (Å²) in [6.07, 6.45) is -8.73. The number of hydrogen-bond acceptors (Lipinski definition) is 6. The Balaban J connectivity index is 1.77. The van der Waals surface area contributed by atoms with Crippen molar-refractivity contribution in [1.29, 1.82) is 0 Å². The Bertz CT molecular complexity index is 1090. The summed E-state index contributed by atoms with van der Waals surface area (Å²) in [6, 6.07) is 2.96. The van der Waals surface area contributed by atoms with Gasteiger partial charge in [-0.25, -0.2) is 9.37 Å². The van der Waals surface area contributed by atoms with Crippen LogP contribution in [0.25, 0.3) is 0 Å². The van der Waals surface area contributed by atoms with Crippen LogP contribution in [0.2, 0.25) is 0 Å². The first-order valence-corrected chi connectivity index (χ1v) is 9.48. The second kappa shape index (κ2) is 7.71. The van der Waals surface area contributed by atoms with Crippen LogP contribution < -0.4 is 14.5 Å². The molecule has 32 heavy (non-hydrogen) atoms. The fraction of sp³-hybridized carbons (Fsp3) is 0.350. The van der Waals surface area contributed by atoms with Gasteiger partial charge in [0, 0.05) is 11.8 Å².